The molecule has 3 aliphatic carbocycles. The Morgan fingerprint density at radius 2 is 0.738 bits per heavy atom. The topological polar surface area (TPSA) is 9.23 Å². The number of benzene rings is 11. The first-order chi connectivity index (χ1) is 32.2. The van der Waals surface area contributed by atoms with Crippen molar-refractivity contribution >= 4 is 21.5 Å². The largest absolute Gasteiger partial charge is 0.456 e. The van der Waals surface area contributed by atoms with Crippen molar-refractivity contribution in [2.75, 3.05) is 0 Å². The third kappa shape index (κ3) is 4.33. The highest BCUT2D eigenvalue weighted by atomic mass is 16.5. The van der Waals surface area contributed by atoms with Gasteiger partial charge in [-0.15, -0.1) is 0 Å². The molecule has 65 heavy (non-hydrogen) atoms. The van der Waals surface area contributed by atoms with Gasteiger partial charge in [-0.25, -0.2) is 0 Å². The summed E-state index contributed by atoms with van der Waals surface area (Å²) in [6.45, 7) is 0. The lowest BCUT2D eigenvalue weighted by Crippen LogP contribution is -2.32. The minimum Gasteiger partial charge on any atom is -0.456 e. The summed E-state index contributed by atoms with van der Waals surface area (Å²) in [6, 6.07) is 86.3. The molecule has 0 amide bonds. The maximum absolute atomic E-state index is 7.09. The quantitative estimate of drug-likeness (QED) is 0.169. The average molecular weight is 823 g/mol. The maximum atomic E-state index is 7.09. The smallest absolute Gasteiger partial charge is 0.140 e. The van der Waals surface area contributed by atoms with Gasteiger partial charge in [-0.05, 0) is 136 Å². The Hall–Kier alpha value is -8.26. The van der Waals surface area contributed by atoms with Crippen LogP contribution in [0.25, 0.3) is 77.2 Å². The standard InChI is InChI=1S/C64H38O/c1-2-18-40-37-58-51(36-39(40)17-1)47-24-7-11-30-54(47)64(58)55-31-12-8-26-49(55)61-43(27-16-33-57(61)64)41-19-15-20-42(35-41)50-38-59-62(48-25-4-3-21-44(48)50)65-60-34-14-13-32-56(60)63(59)52-28-9-5-22-45(52)46-23-6-10-29-53(46)63/h1-38H. The van der Waals surface area contributed by atoms with Gasteiger partial charge in [-0.2, -0.15) is 0 Å². The number of hydrogen-bond acceptors (Lipinski definition) is 1. The molecular weight excluding hydrogens is 785 g/mol. The van der Waals surface area contributed by atoms with Gasteiger partial charge in [0.15, 0.2) is 0 Å². The van der Waals surface area contributed by atoms with Gasteiger partial charge in [0.1, 0.15) is 11.5 Å². The molecule has 1 atom stereocenters. The van der Waals surface area contributed by atoms with Crippen molar-refractivity contribution in [2.45, 2.75) is 10.8 Å². The van der Waals surface area contributed by atoms with Crippen molar-refractivity contribution in [1.82, 2.24) is 0 Å². The molecule has 300 valence electrons. The Bertz CT molecular complexity index is 3840. The van der Waals surface area contributed by atoms with Crippen molar-refractivity contribution in [3.05, 3.63) is 275 Å². The van der Waals surface area contributed by atoms with Gasteiger partial charge < -0.3 is 4.74 Å². The highest BCUT2D eigenvalue weighted by Crippen LogP contribution is 2.66. The zero-order valence-corrected chi connectivity index (χ0v) is 35.3. The molecule has 15 rings (SSSR count). The molecule has 1 heterocycles. The van der Waals surface area contributed by atoms with Gasteiger partial charge >= 0.3 is 0 Å². The highest BCUT2D eigenvalue weighted by Gasteiger charge is 2.53. The lowest BCUT2D eigenvalue weighted by molar-refractivity contribution is 0.442. The van der Waals surface area contributed by atoms with Crippen LogP contribution in [0.2, 0.25) is 0 Å². The number of fused-ring (bicyclic) bond motifs is 22. The first kappa shape index (κ1) is 35.2. The molecule has 11 aromatic rings. The molecule has 1 unspecified atom stereocenters. The van der Waals surface area contributed by atoms with Crippen LogP contribution in [-0.4, -0.2) is 0 Å². The van der Waals surface area contributed by atoms with Gasteiger partial charge in [-0.3, -0.25) is 0 Å². The monoisotopic (exact) mass is 822 g/mol. The fraction of sp³-hybridized carbons (Fsp3) is 0.0312. The zero-order valence-electron chi connectivity index (χ0n) is 35.3. The SMILES string of the molecule is c1cc(-c2cccc3c2-c2ccccc2C32c3ccccc3-c3cc4ccccc4cc32)cc(-c2cc3c(c4ccccc24)Oc2ccccc2C32c3ccccc3-c3ccccc32)c1. The molecule has 11 aromatic carbocycles. The number of para-hydroxylation sites is 1. The highest BCUT2D eigenvalue weighted by molar-refractivity contribution is 6.06. The van der Waals surface area contributed by atoms with Crippen molar-refractivity contribution in [1.29, 1.82) is 0 Å². The average Bonchev–Trinajstić information content (AvgIpc) is 3.96. The van der Waals surface area contributed by atoms with Crippen LogP contribution in [0.5, 0.6) is 11.5 Å². The van der Waals surface area contributed by atoms with Crippen molar-refractivity contribution < 1.29 is 4.74 Å². The van der Waals surface area contributed by atoms with Crippen LogP contribution in [0.1, 0.15) is 44.5 Å². The summed E-state index contributed by atoms with van der Waals surface area (Å²) < 4.78 is 7.09. The lowest BCUT2D eigenvalue weighted by atomic mass is 9.65. The third-order valence-electron chi connectivity index (χ3n) is 15.3. The molecule has 0 N–H and O–H groups in total. The maximum Gasteiger partial charge on any atom is 0.140 e. The van der Waals surface area contributed by atoms with E-state index < -0.39 is 10.8 Å². The van der Waals surface area contributed by atoms with Crippen LogP contribution in [0, 0.1) is 0 Å². The molecule has 1 nitrogen and oxygen atoms in total. The molecular formula is C64H38O. The van der Waals surface area contributed by atoms with Crippen LogP contribution in [-0.2, 0) is 10.8 Å². The van der Waals surface area contributed by atoms with E-state index >= 15 is 0 Å². The van der Waals surface area contributed by atoms with Crippen LogP contribution < -0.4 is 4.74 Å². The minimum atomic E-state index is -0.564. The van der Waals surface area contributed by atoms with Crippen LogP contribution in [0.4, 0.5) is 0 Å². The third-order valence-corrected chi connectivity index (χ3v) is 15.3. The van der Waals surface area contributed by atoms with Crippen LogP contribution >= 0.6 is 0 Å². The molecule has 0 bridgehead atoms. The number of ether oxygens (including phenoxy) is 1. The molecule has 0 fully saturated rings. The molecule has 0 saturated heterocycles. The normalized spacial score (nSPS) is 16.0. The molecule has 1 aliphatic heterocycles. The van der Waals surface area contributed by atoms with E-state index in [0.717, 1.165) is 16.9 Å². The van der Waals surface area contributed by atoms with E-state index in [1.165, 1.54) is 116 Å². The second-order valence-electron chi connectivity index (χ2n) is 18.2. The van der Waals surface area contributed by atoms with E-state index in [2.05, 4.69) is 231 Å². The van der Waals surface area contributed by atoms with Crippen LogP contribution in [0.3, 0.4) is 0 Å². The first-order valence-corrected chi connectivity index (χ1v) is 22.7. The van der Waals surface area contributed by atoms with E-state index in [1.807, 2.05) is 0 Å². The molecule has 0 radical (unpaired) electrons. The molecule has 2 spiro atoms. The summed E-state index contributed by atoms with van der Waals surface area (Å²) >= 11 is 0. The van der Waals surface area contributed by atoms with E-state index in [4.69, 9.17) is 4.74 Å². The lowest BCUT2D eigenvalue weighted by Gasteiger charge is -2.40. The predicted octanol–water partition coefficient (Wildman–Crippen LogP) is 16.1. The Morgan fingerprint density at radius 1 is 0.262 bits per heavy atom. The van der Waals surface area contributed by atoms with E-state index in [-0.39, 0.29) is 0 Å². The van der Waals surface area contributed by atoms with E-state index in [1.54, 1.807) is 0 Å². The molecule has 0 saturated carbocycles. The van der Waals surface area contributed by atoms with Crippen molar-refractivity contribution in [3.8, 4) is 67.1 Å². The second-order valence-corrected chi connectivity index (χ2v) is 18.2. The van der Waals surface area contributed by atoms with Crippen molar-refractivity contribution in [2.24, 2.45) is 0 Å². The Labute approximate surface area is 377 Å². The van der Waals surface area contributed by atoms with Crippen LogP contribution in [0.15, 0.2) is 231 Å². The van der Waals surface area contributed by atoms with E-state index in [0.29, 0.717) is 0 Å². The summed E-state index contributed by atoms with van der Waals surface area (Å²) in [6.07, 6.45) is 0. The van der Waals surface area contributed by atoms with Gasteiger partial charge in [0.2, 0.25) is 0 Å². The summed E-state index contributed by atoms with van der Waals surface area (Å²) in [5, 5.41) is 4.83. The Kier molecular flexibility index (Phi) is 6.88. The second kappa shape index (κ2) is 12.7. The van der Waals surface area contributed by atoms with E-state index in [9.17, 15) is 0 Å². The molecule has 1 heteroatoms. The summed E-state index contributed by atoms with van der Waals surface area (Å²) in [7, 11) is 0. The first-order valence-electron chi connectivity index (χ1n) is 22.7. The molecule has 0 aromatic heterocycles. The van der Waals surface area contributed by atoms with Crippen molar-refractivity contribution in [3.63, 3.8) is 0 Å². The fourth-order valence-electron chi connectivity index (χ4n) is 12.9. The van der Waals surface area contributed by atoms with Gasteiger partial charge in [0, 0.05) is 16.5 Å². The van der Waals surface area contributed by atoms with Gasteiger partial charge in [-0.1, -0.05) is 200 Å². The minimum absolute atomic E-state index is 0.442. The summed E-state index contributed by atoms with van der Waals surface area (Å²) in [4.78, 5) is 0. The number of hydrogen-bond donors (Lipinski definition) is 0. The number of rotatable bonds is 2. The summed E-state index contributed by atoms with van der Waals surface area (Å²) in [5.41, 5.74) is 22.0. The predicted molar refractivity (Wildman–Crippen MR) is 266 cm³/mol. The Morgan fingerprint density at radius 3 is 1.45 bits per heavy atom. The zero-order chi connectivity index (χ0) is 42.4. The fourth-order valence-corrected chi connectivity index (χ4v) is 12.9. The Balaban J connectivity index is 0.981. The molecule has 4 aliphatic rings. The van der Waals surface area contributed by atoms with Gasteiger partial charge in [0.05, 0.1) is 10.8 Å². The van der Waals surface area contributed by atoms with Gasteiger partial charge in [0.25, 0.3) is 0 Å². The summed E-state index contributed by atoms with van der Waals surface area (Å²) in [5.74, 6) is 1.83.